The van der Waals surface area contributed by atoms with Crippen molar-refractivity contribution in [1.29, 1.82) is 0 Å². The maximum absolute atomic E-state index is 12.3. The van der Waals surface area contributed by atoms with Crippen LogP contribution in [0.25, 0.3) is 0 Å². The normalized spacial score (nSPS) is 10.8. The highest BCUT2D eigenvalue weighted by Crippen LogP contribution is 2.25. The monoisotopic (exact) mass is 450 g/mol. The zero-order valence-electron chi connectivity index (χ0n) is 18.0. The number of amides is 1. The molecule has 0 saturated carbocycles. The zero-order valence-corrected chi connectivity index (χ0v) is 19.6. The number of nitrogens with one attached hydrogen (secondary N) is 1. The number of carbonyl (C=O) groups excluding carboxylic acids is 1. The molecule has 0 radical (unpaired) electrons. The summed E-state index contributed by atoms with van der Waals surface area (Å²) in [7, 11) is 1.65. The van der Waals surface area contributed by atoms with Crippen LogP contribution < -0.4 is 10.2 Å². The van der Waals surface area contributed by atoms with E-state index in [0.29, 0.717) is 34.8 Å². The van der Waals surface area contributed by atoms with Gasteiger partial charge in [0, 0.05) is 50.7 Å². The summed E-state index contributed by atoms with van der Waals surface area (Å²) in [6.45, 7) is 7.41. The molecule has 0 aliphatic heterocycles. The van der Waals surface area contributed by atoms with Gasteiger partial charge < -0.3 is 15.0 Å². The number of hydrogen-bond donors (Lipinski definition) is 1. The van der Waals surface area contributed by atoms with Crippen molar-refractivity contribution >= 4 is 35.1 Å². The van der Waals surface area contributed by atoms with Gasteiger partial charge in [0.05, 0.1) is 0 Å². The minimum absolute atomic E-state index is 0.0750. The van der Waals surface area contributed by atoms with Crippen LogP contribution in [0.2, 0.25) is 5.15 Å². The first kappa shape index (κ1) is 24.4. The summed E-state index contributed by atoms with van der Waals surface area (Å²) in [5.74, 6) is 1.45. The average Bonchev–Trinajstić information content (AvgIpc) is 2.75. The van der Waals surface area contributed by atoms with Gasteiger partial charge in [0.1, 0.15) is 11.0 Å². The Balaban J connectivity index is 2.02. The summed E-state index contributed by atoms with van der Waals surface area (Å²) < 4.78 is 5.00. The zero-order chi connectivity index (χ0) is 21.8. The van der Waals surface area contributed by atoms with Crippen molar-refractivity contribution in [3.8, 4) is 0 Å². The Hall–Kier alpha value is -1.83. The van der Waals surface area contributed by atoms with E-state index in [1.165, 1.54) is 11.8 Å². The topological polar surface area (TPSA) is 67.4 Å². The predicted molar refractivity (Wildman–Crippen MR) is 125 cm³/mol. The van der Waals surface area contributed by atoms with Gasteiger partial charge in [0.25, 0.3) is 5.91 Å². The highest BCUT2D eigenvalue weighted by Gasteiger charge is 2.11. The lowest BCUT2D eigenvalue weighted by Crippen LogP contribution is -2.26. The van der Waals surface area contributed by atoms with E-state index in [4.69, 9.17) is 21.3 Å². The first-order chi connectivity index (χ1) is 14.6. The molecule has 0 unspecified atom stereocenters. The number of carbonyl (C=O) groups is 1. The molecule has 1 N–H and O–H groups in total. The third-order valence-corrected chi connectivity index (χ3v) is 5.45. The van der Waals surface area contributed by atoms with Crippen LogP contribution in [0.15, 0.2) is 35.5 Å². The lowest BCUT2D eigenvalue weighted by Gasteiger charge is -2.22. The number of benzene rings is 1. The Labute approximate surface area is 188 Å². The Morgan fingerprint density at radius 2 is 1.97 bits per heavy atom. The first-order valence-electron chi connectivity index (χ1n) is 10.4. The van der Waals surface area contributed by atoms with Gasteiger partial charge in [0.15, 0.2) is 5.16 Å². The number of hydrogen-bond acceptors (Lipinski definition) is 6. The second-order valence-electron chi connectivity index (χ2n) is 6.91. The highest BCUT2D eigenvalue weighted by molar-refractivity contribution is 7.98. The van der Waals surface area contributed by atoms with Crippen molar-refractivity contribution in [2.45, 2.75) is 44.0 Å². The van der Waals surface area contributed by atoms with Crippen molar-refractivity contribution in [1.82, 2.24) is 15.3 Å². The molecule has 1 aromatic heterocycles. The van der Waals surface area contributed by atoms with Gasteiger partial charge in [-0.1, -0.05) is 49.3 Å². The Bertz CT molecular complexity index is 800. The van der Waals surface area contributed by atoms with Crippen LogP contribution in [0.4, 0.5) is 5.82 Å². The Kier molecular flexibility index (Phi) is 11.0. The van der Waals surface area contributed by atoms with E-state index < -0.39 is 0 Å². The van der Waals surface area contributed by atoms with Crippen LogP contribution in [-0.4, -0.2) is 49.2 Å². The molecular weight excluding hydrogens is 420 g/mol. The number of rotatable bonds is 13. The van der Waals surface area contributed by atoms with E-state index in [9.17, 15) is 4.79 Å². The molecular formula is C22H31ClN4O2S. The maximum atomic E-state index is 12.3. The lowest BCUT2D eigenvalue weighted by atomic mass is 10.1. The van der Waals surface area contributed by atoms with E-state index in [1.54, 1.807) is 7.11 Å². The fourth-order valence-electron chi connectivity index (χ4n) is 2.96. The van der Waals surface area contributed by atoms with Crippen LogP contribution in [0.5, 0.6) is 0 Å². The third kappa shape index (κ3) is 8.13. The fourth-order valence-corrected chi connectivity index (χ4v) is 3.99. The molecule has 2 rings (SSSR count). The first-order valence-corrected chi connectivity index (χ1v) is 11.7. The summed E-state index contributed by atoms with van der Waals surface area (Å²) >= 11 is 7.78. The van der Waals surface area contributed by atoms with E-state index in [-0.39, 0.29) is 5.91 Å². The summed E-state index contributed by atoms with van der Waals surface area (Å²) in [5.41, 5.74) is 1.68. The molecule has 2 aromatic rings. The van der Waals surface area contributed by atoms with E-state index in [1.807, 2.05) is 30.3 Å². The van der Waals surface area contributed by atoms with Crippen LogP contribution in [0.1, 0.15) is 49.0 Å². The maximum Gasteiger partial charge on any atom is 0.251 e. The third-order valence-electron chi connectivity index (χ3n) is 4.34. The van der Waals surface area contributed by atoms with Crippen molar-refractivity contribution < 1.29 is 9.53 Å². The summed E-state index contributed by atoms with van der Waals surface area (Å²) in [6, 6.07) is 9.45. The number of nitrogens with zero attached hydrogens (tertiary/aromatic N) is 3. The molecule has 0 bridgehead atoms. The van der Waals surface area contributed by atoms with Crippen LogP contribution in [0.3, 0.4) is 0 Å². The highest BCUT2D eigenvalue weighted by atomic mass is 35.5. The number of halogens is 1. The van der Waals surface area contributed by atoms with Gasteiger partial charge in [0.2, 0.25) is 0 Å². The second-order valence-corrected chi connectivity index (χ2v) is 8.24. The molecule has 0 spiro atoms. The van der Waals surface area contributed by atoms with Gasteiger partial charge in [-0.15, -0.1) is 0 Å². The van der Waals surface area contributed by atoms with Crippen LogP contribution in [-0.2, 0) is 10.5 Å². The number of anilines is 1. The molecule has 0 atom stereocenters. The molecule has 1 amide bonds. The van der Waals surface area contributed by atoms with E-state index >= 15 is 0 Å². The number of thioether (sulfide) groups is 1. The van der Waals surface area contributed by atoms with Gasteiger partial charge in [-0.05, 0) is 37.0 Å². The molecule has 0 aliphatic carbocycles. The number of aromatic nitrogens is 2. The van der Waals surface area contributed by atoms with Crippen molar-refractivity contribution in [3.63, 3.8) is 0 Å². The van der Waals surface area contributed by atoms with Crippen molar-refractivity contribution in [2.24, 2.45) is 0 Å². The minimum Gasteiger partial charge on any atom is -0.385 e. The SMILES string of the molecule is CCCN(CCC)c1cc(Cl)nc(SCc2cccc(C(=O)NCCCOC)c2)n1. The molecule has 0 aliphatic rings. The minimum atomic E-state index is -0.0750. The Morgan fingerprint density at radius 1 is 1.20 bits per heavy atom. The lowest BCUT2D eigenvalue weighted by molar-refractivity contribution is 0.0948. The van der Waals surface area contributed by atoms with E-state index in [0.717, 1.165) is 43.7 Å². The molecule has 0 fully saturated rings. The molecule has 30 heavy (non-hydrogen) atoms. The molecule has 1 heterocycles. The molecule has 8 heteroatoms. The van der Waals surface area contributed by atoms with Crippen LogP contribution in [0, 0.1) is 0 Å². The number of methoxy groups -OCH3 is 1. The summed E-state index contributed by atoms with van der Waals surface area (Å²) in [6.07, 6.45) is 2.88. The second kappa shape index (κ2) is 13.5. The quantitative estimate of drug-likeness (QED) is 0.204. The molecule has 6 nitrogen and oxygen atoms in total. The summed E-state index contributed by atoms with van der Waals surface area (Å²) in [5, 5.41) is 4.00. The fraction of sp³-hybridized carbons (Fsp3) is 0.500. The largest absolute Gasteiger partial charge is 0.385 e. The van der Waals surface area contributed by atoms with Crippen LogP contribution >= 0.6 is 23.4 Å². The molecule has 164 valence electrons. The van der Waals surface area contributed by atoms with E-state index in [2.05, 4.69) is 29.0 Å². The smallest absolute Gasteiger partial charge is 0.251 e. The van der Waals surface area contributed by atoms with Crippen molar-refractivity contribution in [2.75, 3.05) is 38.3 Å². The average molecular weight is 451 g/mol. The Morgan fingerprint density at radius 3 is 2.67 bits per heavy atom. The standard InChI is InChI=1S/C22H31ClN4O2S/c1-4-11-27(12-5-2)20-15-19(23)25-22(26-20)30-16-17-8-6-9-18(14-17)21(28)24-10-7-13-29-3/h6,8-9,14-15H,4-5,7,10-13,16H2,1-3H3,(H,24,28). The van der Waals surface area contributed by atoms with Gasteiger partial charge >= 0.3 is 0 Å². The number of ether oxygens (including phenoxy) is 1. The van der Waals surface area contributed by atoms with Gasteiger partial charge in [-0.25, -0.2) is 9.97 Å². The summed E-state index contributed by atoms with van der Waals surface area (Å²) in [4.78, 5) is 23.6. The van der Waals surface area contributed by atoms with Gasteiger partial charge in [-0.3, -0.25) is 4.79 Å². The van der Waals surface area contributed by atoms with Gasteiger partial charge in [-0.2, -0.15) is 0 Å². The molecule has 0 saturated heterocycles. The molecule has 1 aromatic carbocycles. The van der Waals surface area contributed by atoms with Crippen molar-refractivity contribution in [3.05, 3.63) is 46.6 Å². The predicted octanol–water partition coefficient (Wildman–Crippen LogP) is 4.82.